The summed E-state index contributed by atoms with van der Waals surface area (Å²) in [5.41, 5.74) is -0.0761. The van der Waals surface area contributed by atoms with E-state index in [1.165, 1.54) is 12.1 Å². The van der Waals surface area contributed by atoms with Crippen molar-refractivity contribution in [3.8, 4) is 11.5 Å². The Labute approximate surface area is 110 Å². The highest BCUT2D eigenvalue weighted by molar-refractivity contribution is 5.98. The fraction of sp³-hybridized carbons (Fsp3) is 0.385. The second-order valence-corrected chi connectivity index (χ2v) is 4.70. The first-order valence-corrected chi connectivity index (χ1v) is 5.87. The molecule has 0 fully saturated rings. The number of carbonyl (C=O) groups excluding carboxylic acids is 1. The molecule has 0 bridgehead atoms. The van der Waals surface area contributed by atoms with Gasteiger partial charge in [-0.3, -0.25) is 4.79 Å². The summed E-state index contributed by atoms with van der Waals surface area (Å²) in [5.74, 6) is -2.28. The minimum atomic E-state index is -1.12. The van der Waals surface area contributed by atoms with Crippen LogP contribution in [0, 0.1) is 5.92 Å². The third-order valence-corrected chi connectivity index (χ3v) is 2.54. The Kier molecular flexibility index (Phi) is 4.74. The topological polar surface area (TPSA) is 107 Å². The number of benzene rings is 1. The van der Waals surface area contributed by atoms with E-state index in [0.29, 0.717) is 6.42 Å². The van der Waals surface area contributed by atoms with Crippen molar-refractivity contribution in [2.75, 3.05) is 0 Å². The molecule has 1 unspecified atom stereocenters. The maximum Gasteiger partial charge on any atom is 0.326 e. The monoisotopic (exact) mass is 267 g/mol. The molecule has 4 N–H and O–H groups in total. The first kappa shape index (κ1) is 14.8. The Balaban J connectivity index is 2.84. The maximum atomic E-state index is 11.9. The lowest BCUT2D eigenvalue weighted by atomic mass is 10.0. The third kappa shape index (κ3) is 4.17. The predicted molar refractivity (Wildman–Crippen MR) is 68.1 cm³/mol. The Bertz CT molecular complexity index is 484. The molecule has 1 amide bonds. The number of hydrogen-bond donors (Lipinski definition) is 4. The van der Waals surface area contributed by atoms with Crippen LogP contribution >= 0.6 is 0 Å². The lowest BCUT2D eigenvalue weighted by Gasteiger charge is -2.16. The molecule has 1 aromatic rings. The zero-order valence-electron chi connectivity index (χ0n) is 10.8. The SMILES string of the molecule is CC(C)CC(NC(=O)c1ccc(O)cc1O)C(=O)O. The van der Waals surface area contributed by atoms with Crippen LogP contribution in [0.2, 0.25) is 0 Å². The van der Waals surface area contributed by atoms with E-state index in [4.69, 9.17) is 10.2 Å². The number of carboxylic acids is 1. The number of carbonyl (C=O) groups is 2. The van der Waals surface area contributed by atoms with Crippen molar-refractivity contribution >= 4 is 11.9 Å². The predicted octanol–water partition coefficient (Wildman–Crippen LogP) is 1.33. The second kappa shape index (κ2) is 6.08. The fourth-order valence-electron chi connectivity index (χ4n) is 1.64. The number of nitrogens with one attached hydrogen (secondary N) is 1. The van der Waals surface area contributed by atoms with Crippen molar-refractivity contribution < 1.29 is 24.9 Å². The van der Waals surface area contributed by atoms with E-state index in [0.717, 1.165) is 6.07 Å². The highest BCUT2D eigenvalue weighted by atomic mass is 16.4. The van der Waals surface area contributed by atoms with Gasteiger partial charge in [-0.2, -0.15) is 0 Å². The number of rotatable bonds is 5. The fourth-order valence-corrected chi connectivity index (χ4v) is 1.64. The van der Waals surface area contributed by atoms with Gasteiger partial charge in [-0.05, 0) is 24.5 Å². The number of amides is 1. The quantitative estimate of drug-likeness (QED) is 0.643. The molecule has 0 aromatic heterocycles. The van der Waals surface area contributed by atoms with Gasteiger partial charge in [-0.1, -0.05) is 13.8 Å². The zero-order chi connectivity index (χ0) is 14.6. The van der Waals surface area contributed by atoms with E-state index in [2.05, 4.69) is 5.32 Å². The Hall–Kier alpha value is -2.24. The van der Waals surface area contributed by atoms with Crippen molar-refractivity contribution in [2.24, 2.45) is 5.92 Å². The van der Waals surface area contributed by atoms with Crippen LogP contribution in [0.25, 0.3) is 0 Å². The van der Waals surface area contributed by atoms with E-state index in [1.54, 1.807) is 0 Å². The van der Waals surface area contributed by atoms with Gasteiger partial charge in [-0.25, -0.2) is 4.79 Å². The maximum absolute atomic E-state index is 11.9. The van der Waals surface area contributed by atoms with Gasteiger partial charge in [0.1, 0.15) is 17.5 Å². The summed E-state index contributed by atoms with van der Waals surface area (Å²) in [6.07, 6.45) is 0.292. The average Bonchev–Trinajstić information content (AvgIpc) is 2.26. The standard InChI is InChI=1S/C13H17NO5/c1-7(2)5-10(13(18)19)14-12(17)9-4-3-8(15)6-11(9)16/h3-4,6-7,10,15-16H,5H2,1-2H3,(H,14,17)(H,18,19). The molecule has 1 rings (SSSR count). The molecular formula is C13H17NO5. The molecule has 0 saturated carbocycles. The zero-order valence-corrected chi connectivity index (χ0v) is 10.8. The minimum absolute atomic E-state index is 0.0761. The summed E-state index contributed by atoms with van der Waals surface area (Å²) in [6.45, 7) is 3.69. The highest BCUT2D eigenvalue weighted by Crippen LogP contribution is 2.22. The Morgan fingerprint density at radius 3 is 2.37 bits per heavy atom. The van der Waals surface area contributed by atoms with Crippen LogP contribution in [-0.4, -0.2) is 33.2 Å². The Morgan fingerprint density at radius 1 is 1.26 bits per heavy atom. The molecule has 0 spiro atoms. The number of carboxylic acid groups (broad SMARTS) is 1. The third-order valence-electron chi connectivity index (χ3n) is 2.54. The largest absolute Gasteiger partial charge is 0.508 e. The highest BCUT2D eigenvalue weighted by Gasteiger charge is 2.23. The van der Waals surface area contributed by atoms with Gasteiger partial charge in [0.15, 0.2) is 0 Å². The molecule has 0 saturated heterocycles. The first-order valence-electron chi connectivity index (χ1n) is 5.87. The lowest BCUT2D eigenvalue weighted by Crippen LogP contribution is -2.41. The summed E-state index contributed by atoms with van der Waals surface area (Å²) in [6, 6.07) is 2.48. The molecule has 1 aromatic carbocycles. The van der Waals surface area contributed by atoms with Gasteiger partial charge < -0.3 is 20.6 Å². The number of phenols is 2. The second-order valence-electron chi connectivity index (χ2n) is 4.70. The van der Waals surface area contributed by atoms with Crippen molar-refractivity contribution in [3.63, 3.8) is 0 Å². The van der Waals surface area contributed by atoms with Gasteiger partial charge in [0, 0.05) is 6.07 Å². The molecule has 6 nitrogen and oxygen atoms in total. The summed E-state index contributed by atoms with van der Waals surface area (Å²) in [5, 5.41) is 30.0. The van der Waals surface area contributed by atoms with Crippen molar-refractivity contribution in [2.45, 2.75) is 26.3 Å². The molecule has 0 radical (unpaired) electrons. The van der Waals surface area contributed by atoms with Gasteiger partial charge >= 0.3 is 5.97 Å². The molecule has 0 aliphatic rings. The van der Waals surface area contributed by atoms with E-state index < -0.39 is 23.7 Å². The number of aliphatic carboxylic acids is 1. The lowest BCUT2D eigenvalue weighted by molar-refractivity contribution is -0.139. The molecule has 1 atom stereocenters. The molecule has 104 valence electrons. The Morgan fingerprint density at radius 2 is 1.89 bits per heavy atom. The summed E-state index contributed by atoms with van der Waals surface area (Å²) in [7, 11) is 0. The van der Waals surface area contributed by atoms with Crippen molar-refractivity contribution in [3.05, 3.63) is 23.8 Å². The van der Waals surface area contributed by atoms with Gasteiger partial charge in [0.05, 0.1) is 5.56 Å². The van der Waals surface area contributed by atoms with E-state index in [9.17, 15) is 14.7 Å². The van der Waals surface area contributed by atoms with E-state index in [-0.39, 0.29) is 17.2 Å². The molecule has 19 heavy (non-hydrogen) atoms. The minimum Gasteiger partial charge on any atom is -0.508 e. The van der Waals surface area contributed by atoms with E-state index >= 15 is 0 Å². The number of phenolic OH excluding ortho intramolecular Hbond substituents is 2. The van der Waals surface area contributed by atoms with Crippen LogP contribution in [0.3, 0.4) is 0 Å². The smallest absolute Gasteiger partial charge is 0.326 e. The average molecular weight is 267 g/mol. The van der Waals surface area contributed by atoms with Crippen LogP contribution in [0.4, 0.5) is 0 Å². The van der Waals surface area contributed by atoms with Crippen molar-refractivity contribution in [1.82, 2.24) is 5.32 Å². The summed E-state index contributed by atoms with van der Waals surface area (Å²) in [4.78, 5) is 22.9. The van der Waals surface area contributed by atoms with Gasteiger partial charge in [0.2, 0.25) is 0 Å². The number of hydrogen-bond acceptors (Lipinski definition) is 4. The van der Waals surface area contributed by atoms with Crippen LogP contribution in [0.5, 0.6) is 11.5 Å². The molecular weight excluding hydrogens is 250 g/mol. The first-order chi connectivity index (χ1) is 8.81. The summed E-state index contributed by atoms with van der Waals surface area (Å²) >= 11 is 0. The molecule has 0 heterocycles. The van der Waals surface area contributed by atoms with Crippen LogP contribution in [0.1, 0.15) is 30.6 Å². The molecule has 0 aliphatic carbocycles. The van der Waals surface area contributed by atoms with Crippen molar-refractivity contribution in [1.29, 1.82) is 0 Å². The normalized spacial score (nSPS) is 12.2. The molecule has 6 heteroatoms. The van der Waals surface area contributed by atoms with Crippen LogP contribution in [-0.2, 0) is 4.79 Å². The van der Waals surface area contributed by atoms with Crippen LogP contribution < -0.4 is 5.32 Å². The summed E-state index contributed by atoms with van der Waals surface area (Å²) < 4.78 is 0. The van der Waals surface area contributed by atoms with E-state index in [1.807, 2.05) is 13.8 Å². The number of aromatic hydroxyl groups is 2. The van der Waals surface area contributed by atoms with Gasteiger partial charge in [-0.15, -0.1) is 0 Å². The van der Waals surface area contributed by atoms with Gasteiger partial charge in [0.25, 0.3) is 5.91 Å². The van der Waals surface area contributed by atoms with Crippen LogP contribution in [0.15, 0.2) is 18.2 Å². The molecule has 0 aliphatic heterocycles.